The fourth-order valence-electron chi connectivity index (χ4n) is 2.87. The molecule has 0 saturated carbocycles. The highest BCUT2D eigenvalue weighted by molar-refractivity contribution is 5.74. The number of fused-ring (bicyclic) bond motifs is 1. The predicted octanol–water partition coefficient (Wildman–Crippen LogP) is 2.20. The van der Waals surface area contributed by atoms with E-state index in [-0.39, 0.29) is 6.10 Å². The molecule has 0 bridgehead atoms. The number of nitrogens with two attached hydrogens (primary N) is 1. The van der Waals surface area contributed by atoms with Gasteiger partial charge in [0.05, 0.1) is 0 Å². The minimum Gasteiger partial charge on any atom is -0.488 e. The molecule has 110 valence electrons. The van der Waals surface area contributed by atoms with Crippen molar-refractivity contribution < 1.29 is 4.74 Å². The van der Waals surface area contributed by atoms with Crippen LogP contribution in [-0.4, -0.2) is 27.4 Å². The van der Waals surface area contributed by atoms with Crippen LogP contribution in [0.2, 0.25) is 0 Å². The van der Waals surface area contributed by atoms with Crippen molar-refractivity contribution in [1.29, 1.82) is 0 Å². The van der Waals surface area contributed by atoms with Crippen molar-refractivity contribution in [3.05, 3.63) is 60.7 Å². The fourth-order valence-corrected chi connectivity index (χ4v) is 2.87. The normalized spacial score (nSPS) is 16.3. The second-order valence-electron chi connectivity index (χ2n) is 5.39. The van der Waals surface area contributed by atoms with Crippen LogP contribution in [0.5, 0.6) is 5.75 Å². The highest BCUT2D eigenvalue weighted by Crippen LogP contribution is 2.38. The molecular formula is C17H16N4O. The molecule has 0 spiro atoms. The Bertz CT molecular complexity index is 798. The van der Waals surface area contributed by atoms with Gasteiger partial charge < -0.3 is 10.5 Å². The number of ether oxygens (including phenoxy) is 1. The van der Waals surface area contributed by atoms with Crippen LogP contribution in [-0.2, 0) is 6.42 Å². The van der Waals surface area contributed by atoms with Gasteiger partial charge in [0.1, 0.15) is 24.5 Å². The maximum atomic E-state index is 6.02. The molecule has 5 nitrogen and oxygen atoms in total. The van der Waals surface area contributed by atoms with Gasteiger partial charge in [0.25, 0.3) is 0 Å². The minimum absolute atomic E-state index is 0.0807. The van der Waals surface area contributed by atoms with Crippen LogP contribution in [0, 0.1) is 0 Å². The molecule has 1 aliphatic rings. The van der Waals surface area contributed by atoms with Gasteiger partial charge in [-0.05, 0) is 23.3 Å². The first-order valence-corrected chi connectivity index (χ1v) is 7.29. The third kappa shape index (κ3) is 2.16. The van der Waals surface area contributed by atoms with E-state index in [1.54, 1.807) is 12.7 Å². The zero-order valence-electron chi connectivity index (χ0n) is 12.0. The maximum absolute atomic E-state index is 6.02. The molecule has 1 aliphatic heterocycles. The van der Waals surface area contributed by atoms with Crippen LogP contribution in [0.4, 0.5) is 0 Å². The second kappa shape index (κ2) is 5.27. The lowest BCUT2D eigenvalue weighted by Crippen LogP contribution is -2.24. The topological polar surface area (TPSA) is 66.0 Å². The lowest BCUT2D eigenvalue weighted by Gasteiger charge is -2.12. The SMILES string of the molecule is NC[C@@H]1Cc2cccc(-c3cccc(-n4cnnc4)c3)c2O1. The molecule has 2 heterocycles. The summed E-state index contributed by atoms with van der Waals surface area (Å²) in [6.07, 6.45) is 4.34. The van der Waals surface area contributed by atoms with Crippen LogP contribution < -0.4 is 10.5 Å². The standard InChI is InChI=1S/C17H16N4O/c18-9-15-8-13-4-2-6-16(17(13)22-15)12-3-1-5-14(7-12)21-10-19-20-11-21/h1-7,10-11,15H,8-9,18H2/t15-/m0/s1. The highest BCUT2D eigenvalue weighted by Gasteiger charge is 2.24. The predicted molar refractivity (Wildman–Crippen MR) is 84.0 cm³/mol. The Labute approximate surface area is 128 Å². The first-order chi connectivity index (χ1) is 10.8. The van der Waals surface area contributed by atoms with E-state index in [0.717, 1.165) is 29.0 Å². The summed E-state index contributed by atoms with van der Waals surface area (Å²) in [5.41, 5.74) is 10.2. The van der Waals surface area contributed by atoms with Gasteiger partial charge in [-0.15, -0.1) is 10.2 Å². The average Bonchev–Trinajstić information content (AvgIpc) is 3.23. The summed E-state index contributed by atoms with van der Waals surface area (Å²) in [4.78, 5) is 0. The molecule has 0 saturated heterocycles. The molecule has 1 aromatic heterocycles. The van der Waals surface area contributed by atoms with Crippen molar-refractivity contribution in [2.24, 2.45) is 5.73 Å². The molecule has 0 radical (unpaired) electrons. The molecule has 0 amide bonds. The van der Waals surface area contributed by atoms with E-state index in [1.807, 2.05) is 16.7 Å². The summed E-state index contributed by atoms with van der Waals surface area (Å²) in [5.74, 6) is 0.957. The van der Waals surface area contributed by atoms with Gasteiger partial charge in [-0.2, -0.15) is 0 Å². The number of nitrogens with zero attached hydrogens (tertiary/aromatic N) is 3. The summed E-state index contributed by atoms with van der Waals surface area (Å²) >= 11 is 0. The van der Waals surface area contributed by atoms with Gasteiger partial charge in [-0.1, -0.05) is 30.3 Å². The summed E-state index contributed by atoms with van der Waals surface area (Å²) < 4.78 is 7.90. The van der Waals surface area contributed by atoms with Crippen molar-refractivity contribution in [2.75, 3.05) is 6.54 Å². The number of benzene rings is 2. The zero-order chi connectivity index (χ0) is 14.9. The fraction of sp³-hybridized carbons (Fsp3) is 0.176. The Morgan fingerprint density at radius 3 is 2.77 bits per heavy atom. The number of rotatable bonds is 3. The number of hydrogen-bond donors (Lipinski definition) is 1. The largest absolute Gasteiger partial charge is 0.488 e. The Kier molecular flexibility index (Phi) is 3.12. The van der Waals surface area contributed by atoms with Crippen molar-refractivity contribution >= 4 is 0 Å². The van der Waals surface area contributed by atoms with Crippen molar-refractivity contribution in [3.63, 3.8) is 0 Å². The van der Waals surface area contributed by atoms with E-state index in [0.29, 0.717) is 6.54 Å². The van der Waals surface area contributed by atoms with Crippen LogP contribution >= 0.6 is 0 Å². The van der Waals surface area contributed by atoms with Crippen LogP contribution in [0.15, 0.2) is 55.1 Å². The quantitative estimate of drug-likeness (QED) is 0.803. The first-order valence-electron chi connectivity index (χ1n) is 7.29. The van der Waals surface area contributed by atoms with Crippen LogP contribution in [0.3, 0.4) is 0 Å². The molecule has 5 heteroatoms. The lowest BCUT2D eigenvalue weighted by atomic mass is 10.00. The van der Waals surface area contributed by atoms with Gasteiger partial charge in [0.2, 0.25) is 0 Å². The number of aromatic nitrogens is 3. The molecule has 3 aromatic rings. The molecule has 0 unspecified atom stereocenters. The second-order valence-corrected chi connectivity index (χ2v) is 5.39. The van der Waals surface area contributed by atoms with Gasteiger partial charge in [-0.25, -0.2) is 0 Å². The van der Waals surface area contributed by atoms with Gasteiger partial charge in [0, 0.05) is 24.2 Å². The van der Waals surface area contributed by atoms with Crippen molar-refractivity contribution in [1.82, 2.24) is 14.8 Å². The van der Waals surface area contributed by atoms with Gasteiger partial charge in [0.15, 0.2) is 0 Å². The lowest BCUT2D eigenvalue weighted by molar-refractivity contribution is 0.242. The van der Waals surface area contributed by atoms with Gasteiger partial charge >= 0.3 is 0 Å². The molecule has 1 atom stereocenters. The van der Waals surface area contributed by atoms with Gasteiger partial charge in [-0.3, -0.25) is 4.57 Å². The maximum Gasteiger partial charge on any atom is 0.130 e. The number of para-hydroxylation sites is 1. The van der Waals surface area contributed by atoms with Crippen LogP contribution in [0.1, 0.15) is 5.56 Å². The van der Waals surface area contributed by atoms with Crippen molar-refractivity contribution in [3.8, 4) is 22.6 Å². The molecule has 2 N–H and O–H groups in total. The first kappa shape index (κ1) is 13.0. The third-order valence-electron chi connectivity index (χ3n) is 3.97. The van der Waals surface area contributed by atoms with E-state index in [2.05, 4.69) is 40.5 Å². The molecule has 0 fully saturated rings. The summed E-state index contributed by atoms with van der Waals surface area (Å²) in [5, 5.41) is 7.71. The molecule has 22 heavy (non-hydrogen) atoms. The summed E-state index contributed by atoms with van der Waals surface area (Å²) in [6.45, 7) is 0.537. The Balaban J connectivity index is 1.78. The van der Waals surface area contributed by atoms with E-state index in [1.165, 1.54) is 5.56 Å². The smallest absolute Gasteiger partial charge is 0.130 e. The molecule has 2 aromatic carbocycles. The Morgan fingerprint density at radius 2 is 1.95 bits per heavy atom. The number of hydrogen-bond acceptors (Lipinski definition) is 4. The average molecular weight is 292 g/mol. The monoisotopic (exact) mass is 292 g/mol. The van der Waals surface area contributed by atoms with E-state index in [4.69, 9.17) is 10.5 Å². The Morgan fingerprint density at radius 1 is 1.14 bits per heavy atom. The summed E-state index contributed by atoms with van der Waals surface area (Å²) in [7, 11) is 0. The van der Waals surface area contributed by atoms with E-state index >= 15 is 0 Å². The minimum atomic E-state index is 0.0807. The summed E-state index contributed by atoms with van der Waals surface area (Å²) in [6, 6.07) is 14.5. The molecular weight excluding hydrogens is 276 g/mol. The third-order valence-corrected chi connectivity index (χ3v) is 3.97. The molecule has 0 aliphatic carbocycles. The van der Waals surface area contributed by atoms with Crippen LogP contribution in [0.25, 0.3) is 16.8 Å². The highest BCUT2D eigenvalue weighted by atomic mass is 16.5. The zero-order valence-corrected chi connectivity index (χ0v) is 12.0. The van der Waals surface area contributed by atoms with E-state index < -0.39 is 0 Å². The Hall–Kier alpha value is -2.66. The molecule has 4 rings (SSSR count). The van der Waals surface area contributed by atoms with Crippen molar-refractivity contribution in [2.45, 2.75) is 12.5 Å². The van der Waals surface area contributed by atoms with E-state index in [9.17, 15) is 0 Å².